The van der Waals surface area contributed by atoms with Gasteiger partial charge < -0.3 is 15.2 Å². The molecule has 5 heteroatoms. The highest BCUT2D eigenvalue weighted by Crippen LogP contribution is 2.15. The molecule has 1 unspecified atom stereocenters. The van der Waals surface area contributed by atoms with E-state index in [1.165, 1.54) is 0 Å². The average Bonchev–Trinajstić information content (AvgIpc) is 2.36. The SMILES string of the molecule is CCOc1ccc(C(=O)C(CC(=O)O)NC(C)(C)C)cc1. The number of hydrogen-bond donors (Lipinski definition) is 2. The lowest BCUT2D eigenvalue weighted by molar-refractivity contribution is -0.137. The van der Waals surface area contributed by atoms with Crippen LogP contribution in [0.3, 0.4) is 0 Å². The van der Waals surface area contributed by atoms with Crippen LogP contribution >= 0.6 is 0 Å². The summed E-state index contributed by atoms with van der Waals surface area (Å²) in [5, 5.41) is 12.0. The number of carboxylic acid groups (broad SMARTS) is 1. The smallest absolute Gasteiger partial charge is 0.305 e. The molecule has 1 aromatic rings. The molecule has 0 aromatic heterocycles. The molecule has 5 nitrogen and oxygen atoms in total. The first-order chi connectivity index (χ1) is 9.73. The first-order valence-electron chi connectivity index (χ1n) is 6.99. The van der Waals surface area contributed by atoms with Gasteiger partial charge in [0.2, 0.25) is 0 Å². The van der Waals surface area contributed by atoms with Crippen LogP contribution in [0.1, 0.15) is 44.5 Å². The zero-order valence-electron chi connectivity index (χ0n) is 13.0. The fourth-order valence-corrected chi connectivity index (χ4v) is 1.99. The number of carbonyl (C=O) groups excluding carboxylic acids is 1. The molecule has 0 bridgehead atoms. The third-order valence-corrected chi connectivity index (χ3v) is 2.75. The number of ether oxygens (including phenoxy) is 1. The number of nitrogens with one attached hydrogen (secondary N) is 1. The van der Waals surface area contributed by atoms with Crippen molar-refractivity contribution >= 4 is 11.8 Å². The summed E-state index contributed by atoms with van der Waals surface area (Å²) >= 11 is 0. The molecular weight excluding hydrogens is 270 g/mol. The van der Waals surface area contributed by atoms with E-state index >= 15 is 0 Å². The largest absolute Gasteiger partial charge is 0.494 e. The van der Waals surface area contributed by atoms with Crippen LogP contribution in [0.2, 0.25) is 0 Å². The first-order valence-corrected chi connectivity index (χ1v) is 6.99. The van der Waals surface area contributed by atoms with E-state index in [2.05, 4.69) is 5.32 Å². The van der Waals surface area contributed by atoms with Crippen molar-refractivity contribution < 1.29 is 19.4 Å². The average molecular weight is 293 g/mol. The predicted molar refractivity (Wildman–Crippen MR) is 80.9 cm³/mol. The number of carbonyl (C=O) groups is 2. The highest BCUT2D eigenvalue weighted by atomic mass is 16.5. The summed E-state index contributed by atoms with van der Waals surface area (Å²) in [5.74, 6) is -0.543. The van der Waals surface area contributed by atoms with Gasteiger partial charge in [-0.25, -0.2) is 0 Å². The van der Waals surface area contributed by atoms with Crippen molar-refractivity contribution in [2.24, 2.45) is 0 Å². The van der Waals surface area contributed by atoms with Crippen LogP contribution < -0.4 is 10.1 Å². The van der Waals surface area contributed by atoms with Gasteiger partial charge in [-0.05, 0) is 52.0 Å². The van der Waals surface area contributed by atoms with Crippen molar-refractivity contribution in [2.45, 2.75) is 45.7 Å². The molecule has 0 amide bonds. The summed E-state index contributed by atoms with van der Waals surface area (Å²) in [5.41, 5.74) is 0.127. The molecule has 116 valence electrons. The van der Waals surface area contributed by atoms with Crippen molar-refractivity contribution in [3.63, 3.8) is 0 Å². The molecule has 0 spiro atoms. The fraction of sp³-hybridized carbons (Fsp3) is 0.500. The van der Waals surface area contributed by atoms with E-state index < -0.39 is 12.0 Å². The van der Waals surface area contributed by atoms with Gasteiger partial charge in [-0.2, -0.15) is 0 Å². The Balaban J connectivity index is 2.90. The lowest BCUT2D eigenvalue weighted by Crippen LogP contribution is -2.48. The standard InChI is InChI=1S/C16H23NO4/c1-5-21-12-8-6-11(7-9-12)15(20)13(10-14(18)19)17-16(2,3)4/h6-9,13,17H,5,10H2,1-4H3,(H,18,19). The third-order valence-electron chi connectivity index (χ3n) is 2.75. The monoisotopic (exact) mass is 293 g/mol. The summed E-state index contributed by atoms with van der Waals surface area (Å²) in [4.78, 5) is 23.4. The second kappa shape index (κ2) is 7.22. The van der Waals surface area contributed by atoms with E-state index in [4.69, 9.17) is 9.84 Å². The van der Waals surface area contributed by atoms with Gasteiger partial charge in [-0.1, -0.05) is 0 Å². The Morgan fingerprint density at radius 3 is 2.24 bits per heavy atom. The molecule has 0 saturated heterocycles. The molecule has 0 saturated carbocycles. The molecule has 0 aliphatic rings. The molecule has 0 heterocycles. The molecule has 0 fully saturated rings. The lowest BCUT2D eigenvalue weighted by Gasteiger charge is -2.27. The molecule has 21 heavy (non-hydrogen) atoms. The van der Waals surface area contributed by atoms with Crippen LogP contribution in [0.5, 0.6) is 5.75 Å². The number of rotatable bonds is 7. The molecule has 2 N–H and O–H groups in total. The van der Waals surface area contributed by atoms with Crippen LogP contribution in [-0.4, -0.2) is 35.0 Å². The summed E-state index contributed by atoms with van der Waals surface area (Å²) in [6.45, 7) is 8.13. The number of aliphatic carboxylic acids is 1. The van der Waals surface area contributed by atoms with E-state index in [1.807, 2.05) is 27.7 Å². The fourth-order valence-electron chi connectivity index (χ4n) is 1.99. The minimum atomic E-state index is -1.00. The van der Waals surface area contributed by atoms with Crippen molar-refractivity contribution in [2.75, 3.05) is 6.61 Å². The quantitative estimate of drug-likeness (QED) is 0.755. The van der Waals surface area contributed by atoms with Gasteiger partial charge in [0.25, 0.3) is 0 Å². The van der Waals surface area contributed by atoms with Gasteiger partial charge in [-0.3, -0.25) is 9.59 Å². The second-order valence-corrected chi connectivity index (χ2v) is 5.87. The number of ketones is 1. The summed E-state index contributed by atoms with van der Waals surface area (Å²) in [6, 6.07) is 6.00. The molecule has 1 rings (SSSR count). The van der Waals surface area contributed by atoms with Crippen LogP contribution in [0.15, 0.2) is 24.3 Å². The lowest BCUT2D eigenvalue weighted by atomic mass is 9.98. The van der Waals surface area contributed by atoms with E-state index in [-0.39, 0.29) is 17.7 Å². The predicted octanol–water partition coefficient (Wildman–Crippen LogP) is 2.50. The first kappa shape index (κ1) is 17.2. The van der Waals surface area contributed by atoms with Crippen LogP contribution in [0.4, 0.5) is 0 Å². The van der Waals surface area contributed by atoms with Crippen molar-refractivity contribution in [3.05, 3.63) is 29.8 Å². The number of carboxylic acids is 1. The van der Waals surface area contributed by atoms with Gasteiger partial charge in [0.15, 0.2) is 5.78 Å². The van der Waals surface area contributed by atoms with E-state index in [9.17, 15) is 9.59 Å². The van der Waals surface area contributed by atoms with Gasteiger partial charge in [0, 0.05) is 11.1 Å². The van der Waals surface area contributed by atoms with Gasteiger partial charge >= 0.3 is 5.97 Å². The molecule has 0 aliphatic heterocycles. The van der Waals surface area contributed by atoms with Crippen LogP contribution in [0.25, 0.3) is 0 Å². The summed E-state index contributed by atoms with van der Waals surface area (Å²) in [7, 11) is 0. The Bertz CT molecular complexity index is 488. The summed E-state index contributed by atoms with van der Waals surface area (Å²) < 4.78 is 5.33. The molecule has 1 aromatic carbocycles. The van der Waals surface area contributed by atoms with Gasteiger partial charge in [-0.15, -0.1) is 0 Å². The van der Waals surface area contributed by atoms with E-state index in [0.717, 1.165) is 0 Å². The van der Waals surface area contributed by atoms with Crippen molar-refractivity contribution in [1.29, 1.82) is 0 Å². The number of Topliss-reactive ketones (excluding diaryl/α,β-unsaturated/α-hetero) is 1. The highest BCUT2D eigenvalue weighted by Gasteiger charge is 2.26. The zero-order valence-corrected chi connectivity index (χ0v) is 13.0. The second-order valence-electron chi connectivity index (χ2n) is 5.87. The molecule has 0 radical (unpaired) electrons. The Morgan fingerprint density at radius 2 is 1.81 bits per heavy atom. The molecular formula is C16H23NO4. The Kier molecular flexibility index (Phi) is 5.90. The Labute approximate surface area is 125 Å². The normalized spacial score (nSPS) is 12.8. The molecule has 1 atom stereocenters. The molecule has 0 aliphatic carbocycles. The zero-order chi connectivity index (χ0) is 16.0. The van der Waals surface area contributed by atoms with Crippen LogP contribution in [-0.2, 0) is 4.79 Å². The van der Waals surface area contributed by atoms with E-state index in [1.54, 1.807) is 24.3 Å². The van der Waals surface area contributed by atoms with Crippen molar-refractivity contribution in [3.8, 4) is 5.75 Å². The Hall–Kier alpha value is -1.88. The number of benzene rings is 1. The maximum absolute atomic E-state index is 12.5. The van der Waals surface area contributed by atoms with Gasteiger partial charge in [0.1, 0.15) is 5.75 Å². The number of hydrogen-bond acceptors (Lipinski definition) is 4. The minimum absolute atomic E-state index is 0.227. The van der Waals surface area contributed by atoms with Crippen LogP contribution in [0, 0.1) is 0 Å². The van der Waals surface area contributed by atoms with E-state index in [0.29, 0.717) is 17.9 Å². The van der Waals surface area contributed by atoms with Gasteiger partial charge in [0.05, 0.1) is 19.1 Å². The summed E-state index contributed by atoms with van der Waals surface area (Å²) in [6.07, 6.45) is -0.247. The minimum Gasteiger partial charge on any atom is -0.494 e. The maximum Gasteiger partial charge on any atom is 0.305 e. The maximum atomic E-state index is 12.5. The Morgan fingerprint density at radius 1 is 1.24 bits per heavy atom. The topological polar surface area (TPSA) is 75.6 Å². The third kappa shape index (κ3) is 5.95. The highest BCUT2D eigenvalue weighted by molar-refractivity contribution is 6.01. The van der Waals surface area contributed by atoms with Crippen molar-refractivity contribution in [1.82, 2.24) is 5.32 Å².